The Labute approximate surface area is 461 Å². The zero-order valence-electron chi connectivity index (χ0n) is 47.4. The van der Waals surface area contributed by atoms with E-state index in [1.165, 1.54) is 49.7 Å². The quantitative estimate of drug-likeness (QED) is 0.0575. The van der Waals surface area contributed by atoms with Crippen LogP contribution in [0.15, 0.2) is 30.3 Å². The number of carbonyl (C=O) groups excluding carboxylic acids is 11. The summed E-state index contributed by atoms with van der Waals surface area (Å²) < 4.78 is 10.8. The number of benzene rings is 1. The van der Waals surface area contributed by atoms with Crippen LogP contribution in [-0.2, 0) is 64.0 Å². The van der Waals surface area contributed by atoms with Crippen molar-refractivity contribution in [1.82, 2.24) is 61.7 Å². The molecular weight excluding hydrogens is 1030 g/mol. The topological polar surface area (TPSA) is 344 Å². The van der Waals surface area contributed by atoms with Gasteiger partial charge in [-0.05, 0) is 91.7 Å². The van der Waals surface area contributed by atoms with E-state index >= 15 is 0 Å². The fourth-order valence-electron chi connectivity index (χ4n) is 8.72. The van der Waals surface area contributed by atoms with Crippen LogP contribution in [0.4, 0.5) is 9.59 Å². The second-order valence-corrected chi connectivity index (χ2v) is 21.3. The Kier molecular flexibility index (Phi) is 25.4. The molecule has 0 aliphatic carbocycles. The van der Waals surface area contributed by atoms with E-state index in [-0.39, 0.29) is 45.0 Å². The summed E-state index contributed by atoms with van der Waals surface area (Å²) in [5, 5.41) is 27.0. The Hall–Kier alpha value is -7.58. The predicted octanol–water partition coefficient (Wildman–Crippen LogP) is -1.12. The highest BCUT2D eigenvalue weighted by atomic mass is 16.6. The number of carbonyl (C=O) groups is 12. The molecule has 2 aliphatic rings. The lowest BCUT2D eigenvalue weighted by Crippen LogP contribution is -2.62. The summed E-state index contributed by atoms with van der Waals surface area (Å²) in [6, 6.07) is 2.51. The second kappa shape index (κ2) is 30.5. The van der Waals surface area contributed by atoms with Crippen molar-refractivity contribution >= 4 is 71.3 Å². The number of nitrogens with one attached hydrogen (secondary N) is 7. The minimum absolute atomic E-state index is 0.0424. The molecule has 11 amide bonds. The number of likely N-dealkylation sites (N-methyl/N-ethyl adjacent to an activating group) is 4. The van der Waals surface area contributed by atoms with Crippen LogP contribution in [0.2, 0.25) is 0 Å². The smallest absolute Gasteiger partial charge is 0.408 e. The van der Waals surface area contributed by atoms with Crippen LogP contribution in [0.5, 0.6) is 0 Å². The monoisotopic (exact) mass is 1110 g/mol. The number of aliphatic carboxylic acids is 1. The van der Waals surface area contributed by atoms with Gasteiger partial charge in [0, 0.05) is 47.3 Å². The van der Waals surface area contributed by atoms with Gasteiger partial charge in [0.05, 0.1) is 19.6 Å². The molecule has 2 fully saturated rings. The molecule has 27 heteroatoms. The molecular formula is C52H82N12O15. The van der Waals surface area contributed by atoms with Gasteiger partial charge in [0.2, 0.25) is 53.2 Å². The number of hydrogen-bond donors (Lipinski definition) is 8. The highest BCUT2D eigenvalue weighted by molar-refractivity contribution is 5.96. The van der Waals surface area contributed by atoms with Crippen LogP contribution >= 0.6 is 0 Å². The van der Waals surface area contributed by atoms with Crippen LogP contribution in [0.3, 0.4) is 0 Å². The number of carboxylic acids is 1. The van der Waals surface area contributed by atoms with Gasteiger partial charge in [0.15, 0.2) is 0 Å². The summed E-state index contributed by atoms with van der Waals surface area (Å²) >= 11 is 0. The average molecular weight is 1120 g/mol. The Morgan fingerprint density at radius 3 is 1.70 bits per heavy atom. The van der Waals surface area contributed by atoms with Crippen molar-refractivity contribution in [3.05, 3.63) is 35.9 Å². The van der Waals surface area contributed by atoms with Gasteiger partial charge in [-0.15, -0.1) is 0 Å². The van der Waals surface area contributed by atoms with E-state index in [9.17, 15) is 57.5 Å². The number of piperidine rings is 2. The number of likely N-dealkylation sites (tertiary alicyclic amines) is 2. The molecule has 2 aliphatic heterocycles. The van der Waals surface area contributed by atoms with Crippen molar-refractivity contribution in [1.29, 1.82) is 0 Å². The van der Waals surface area contributed by atoms with E-state index in [1.54, 1.807) is 72.0 Å². The molecule has 0 saturated carbocycles. The van der Waals surface area contributed by atoms with Gasteiger partial charge in [-0.2, -0.15) is 0 Å². The normalized spacial score (nSPS) is 16.6. The van der Waals surface area contributed by atoms with Crippen LogP contribution in [0.25, 0.3) is 0 Å². The first-order valence-corrected chi connectivity index (χ1v) is 26.3. The number of carboxylic acid groups (broad SMARTS) is 1. The van der Waals surface area contributed by atoms with Gasteiger partial charge in [-0.25, -0.2) is 9.59 Å². The minimum Gasteiger partial charge on any atom is -0.480 e. The van der Waals surface area contributed by atoms with E-state index in [0.29, 0.717) is 31.2 Å². The maximum atomic E-state index is 14.4. The number of ether oxygens (including phenoxy) is 2. The molecule has 3 rings (SSSR count). The third kappa shape index (κ3) is 20.3. The molecule has 0 aromatic heterocycles. The molecule has 27 nitrogen and oxygen atoms in total. The van der Waals surface area contributed by atoms with Crippen LogP contribution < -0.4 is 37.2 Å². The van der Waals surface area contributed by atoms with Gasteiger partial charge < -0.3 is 76.3 Å². The molecule has 2 saturated heterocycles. The molecule has 0 spiro atoms. The van der Waals surface area contributed by atoms with Crippen LogP contribution in [0, 0.1) is 5.92 Å². The van der Waals surface area contributed by atoms with Crippen molar-refractivity contribution in [2.45, 2.75) is 135 Å². The van der Waals surface area contributed by atoms with Crippen molar-refractivity contribution in [3.63, 3.8) is 0 Å². The predicted molar refractivity (Wildman–Crippen MR) is 285 cm³/mol. The van der Waals surface area contributed by atoms with E-state index in [0.717, 1.165) is 9.80 Å². The second-order valence-electron chi connectivity index (χ2n) is 21.3. The molecule has 1 aromatic rings. The lowest BCUT2D eigenvalue weighted by Gasteiger charge is -2.38. The van der Waals surface area contributed by atoms with E-state index in [1.807, 2.05) is 0 Å². The zero-order valence-corrected chi connectivity index (χ0v) is 47.4. The Balaban J connectivity index is 1.72. The fraction of sp³-hybridized carbons (Fsp3) is 0.654. The molecule has 1 aromatic carbocycles. The standard InChI is InChI=1S/C52H82N12O15/c1-32(2)42(45(72)54-25-34(59-50(77)79-51(3,4)5)46(73)64-24-18-16-22-37(64)44(71)56-29-41(68)69)61(10)40(67)30-60(9)38(65)28-55-43(70)36-21-15-17-23-63(36)47(74)35(58-49(76)78-31-33-19-13-12-14-20-33)26-57-48(75)52(6,7)62(11)39(66)27-53-8/h12-14,19-20,32,34-37,42,53H,15-18,21-31H2,1-11H3,(H,54,72)(H,55,70)(H,56,71)(H,57,75)(H,58,76)(H,59,77)(H,68,69)/t34-,35-,36+,37+,42+/m1/s1. The van der Waals surface area contributed by atoms with Gasteiger partial charge in [0.1, 0.15) is 54.5 Å². The molecule has 8 N–H and O–H groups in total. The maximum absolute atomic E-state index is 14.4. The van der Waals surface area contributed by atoms with Gasteiger partial charge in [-0.3, -0.25) is 47.9 Å². The summed E-state index contributed by atoms with van der Waals surface area (Å²) in [4.78, 5) is 166. The number of alkyl carbamates (subject to hydrolysis) is 2. The minimum atomic E-state index is -1.47. The maximum Gasteiger partial charge on any atom is 0.408 e. The number of amides is 11. The van der Waals surface area contributed by atoms with Crippen molar-refractivity contribution in [2.75, 3.05) is 80.5 Å². The highest BCUT2D eigenvalue weighted by Gasteiger charge is 2.41. The van der Waals surface area contributed by atoms with Gasteiger partial charge >= 0.3 is 18.2 Å². The van der Waals surface area contributed by atoms with Gasteiger partial charge in [0.25, 0.3) is 0 Å². The third-order valence-electron chi connectivity index (χ3n) is 13.3. The first-order chi connectivity index (χ1) is 37.0. The summed E-state index contributed by atoms with van der Waals surface area (Å²) in [5.41, 5.74) is -1.70. The first-order valence-electron chi connectivity index (χ1n) is 26.3. The Morgan fingerprint density at radius 2 is 1.19 bits per heavy atom. The van der Waals surface area contributed by atoms with Crippen molar-refractivity contribution in [2.24, 2.45) is 5.92 Å². The third-order valence-corrected chi connectivity index (χ3v) is 13.3. The van der Waals surface area contributed by atoms with Gasteiger partial charge in [-0.1, -0.05) is 44.2 Å². The summed E-state index contributed by atoms with van der Waals surface area (Å²) in [6.45, 7) is 8.40. The van der Waals surface area contributed by atoms with Crippen LogP contribution in [-0.4, -0.2) is 223 Å². The Morgan fingerprint density at radius 1 is 0.671 bits per heavy atom. The highest BCUT2D eigenvalue weighted by Crippen LogP contribution is 2.21. The fourth-order valence-corrected chi connectivity index (χ4v) is 8.72. The van der Waals surface area contributed by atoms with Crippen molar-refractivity contribution in [3.8, 4) is 0 Å². The molecule has 79 heavy (non-hydrogen) atoms. The lowest BCUT2D eigenvalue weighted by molar-refractivity contribution is -0.146. The largest absolute Gasteiger partial charge is 0.480 e. The summed E-state index contributed by atoms with van der Waals surface area (Å²) in [7, 11) is 5.69. The number of hydrogen-bond acceptors (Lipinski definition) is 15. The molecule has 0 unspecified atom stereocenters. The lowest BCUT2D eigenvalue weighted by atomic mass is 9.99. The number of nitrogens with zero attached hydrogens (tertiary/aromatic N) is 5. The number of rotatable bonds is 25. The van der Waals surface area contributed by atoms with E-state index < -0.39 is 145 Å². The first kappa shape index (κ1) is 65.7. The SMILES string of the molecule is CNCC(=O)N(C)C(C)(C)C(=O)NC[C@@H](NC(=O)OCc1ccccc1)C(=O)N1CCCC[C@H]1C(=O)NCC(=O)N(C)CC(=O)N(C)[C@H](C(=O)NC[C@@H](NC(=O)OC(C)(C)C)C(=O)N1CCCC[C@H]1C(=O)NCC(=O)O)C(C)C. The molecule has 440 valence electrons. The molecule has 0 radical (unpaired) electrons. The van der Waals surface area contributed by atoms with Crippen LogP contribution in [0.1, 0.15) is 92.6 Å². The van der Waals surface area contributed by atoms with E-state index in [4.69, 9.17) is 14.6 Å². The molecule has 5 atom stereocenters. The molecule has 0 bridgehead atoms. The van der Waals surface area contributed by atoms with Crippen molar-refractivity contribution < 1.29 is 72.1 Å². The zero-order chi connectivity index (χ0) is 59.4. The van der Waals surface area contributed by atoms with E-state index in [2.05, 4.69) is 37.2 Å². The summed E-state index contributed by atoms with van der Waals surface area (Å²) in [5.74, 6) is -7.84. The average Bonchev–Trinajstić information content (AvgIpc) is 3.41. The Bertz CT molecular complexity index is 2350. The molecule has 2 heterocycles. The summed E-state index contributed by atoms with van der Waals surface area (Å²) in [6.07, 6.45) is 0.514.